The predicted molar refractivity (Wildman–Crippen MR) is 158 cm³/mol. The highest BCUT2D eigenvalue weighted by Gasteiger charge is 2.25. The second-order valence-corrected chi connectivity index (χ2v) is 10.3. The molecule has 1 atom stereocenters. The van der Waals surface area contributed by atoms with Crippen molar-refractivity contribution in [2.75, 3.05) is 31.6 Å². The Labute approximate surface area is 240 Å². The number of carboxylic acid groups (broad SMARTS) is 1. The second kappa shape index (κ2) is 11.1. The first kappa shape index (κ1) is 27.2. The van der Waals surface area contributed by atoms with E-state index in [-0.39, 0.29) is 22.5 Å². The van der Waals surface area contributed by atoms with E-state index in [1.165, 1.54) is 18.5 Å². The number of piperazine rings is 1. The summed E-state index contributed by atoms with van der Waals surface area (Å²) in [4.78, 5) is 31.2. The summed E-state index contributed by atoms with van der Waals surface area (Å²) in [5.74, 6) is -0.563. The fourth-order valence-corrected chi connectivity index (χ4v) is 5.50. The van der Waals surface area contributed by atoms with E-state index in [9.17, 15) is 14.7 Å². The molecule has 1 aliphatic heterocycles. The van der Waals surface area contributed by atoms with Crippen molar-refractivity contribution < 1.29 is 23.8 Å². The van der Waals surface area contributed by atoms with Crippen LogP contribution in [0.2, 0.25) is 0 Å². The average Bonchev–Trinajstić information content (AvgIpc) is 3.01. The molecule has 1 aliphatic rings. The number of halogens is 1. The number of ether oxygens (including phenoxy) is 2. The van der Waals surface area contributed by atoms with Gasteiger partial charge in [-0.3, -0.25) is 9.78 Å². The fourth-order valence-electron chi connectivity index (χ4n) is 5.50. The largest absolute Gasteiger partial charge is 0.493 e. The van der Waals surface area contributed by atoms with Gasteiger partial charge in [0.2, 0.25) is 5.43 Å². The lowest BCUT2D eigenvalue weighted by Gasteiger charge is -2.36. The molecule has 10 heteroatoms. The van der Waals surface area contributed by atoms with Crippen molar-refractivity contribution in [3.63, 3.8) is 0 Å². The average molecular weight is 569 g/mol. The van der Waals surface area contributed by atoms with Gasteiger partial charge < -0.3 is 29.4 Å². The fraction of sp³-hybridized carbons (Fsp3) is 0.219. The Morgan fingerprint density at radius 3 is 2.71 bits per heavy atom. The van der Waals surface area contributed by atoms with E-state index in [2.05, 4.69) is 10.3 Å². The Bertz CT molecular complexity index is 1880. The number of carboxylic acids is 1. The van der Waals surface area contributed by atoms with E-state index < -0.39 is 17.2 Å². The number of pyridine rings is 2. The molecule has 6 rings (SSSR count). The lowest BCUT2D eigenvalue weighted by Crippen LogP contribution is -2.46. The molecular formula is C32H29FN4O5. The van der Waals surface area contributed by atoms with Crippen LogP contribution in [-0.4, -0.2) is 47.4 Å². The van der Waals surface area contributed by atoms with Gasteiger partial charge in [0.1, 0.15) is 18.0 Å². The van der Waals surface area contributed by atoms with Gasteiger partial charge in [-0.05, 0) is 29.3 Å². The van der Waals surface area contributed by atoms with E-state index in [0.717, 1.165) is 11.1 Å². The van der Waals surface area contributed by atoms with Crippen LogP contribution in [-0.2, 0) is 13.7 Å². The molecule has 0 aliphatic carbocycles. The molecule has 2 aromatic heterocycles. The van der Waals surface area contributed by atoms with Crippen molar-refractivity contribution in [1.82, 2.24) is 14.9 Å². The zero-order valence-electron chi connectivity index (χ0n) is 23.1. The Kier molecular flexibility index (Phi) is 7.22. The monoisotopic (exact) mass is 568 g/mol. The summed E-state index contributed by atoms with van der Waals surface area (Å²) in [6.07, 6.45) is 2.74. The number of rotatable bonds is 7. The molecule has 1 unspecified atom stereocenters. The highest BCUT2D eigenvalue weighted by Crippen LogP contribution is 2.34. The van der Waals surface area contributed by atoms with Crippen LogP contribution in [0.25, 0.3) is 21.8 Å². The lowest BCUT2D eigenvalue weighted by atomic mass is 10.0. The quantitative estimate of drug-likeness (QED) is 0.273. The Balaban J connectivity index is 1.32. The van der Waals surface area contributed by atoms with Gasteiger partial charge in [0, 0.05) is 50.4 Å². The van der Waals surface area contributed by atoms with Crippen molar-refractivity contribution in [2.45, 2.75) is 12.6 Å². The highest BCUT2D eigenvalue weighted by molar-refractivity contribution is 6.07. The maximum absolute atomic E-state index is 15.5. The maximum atomic E-state index is 15.5. The smallest absolute Gasteiger partial charge is 0.341 e. The zero-order valence-corrected chi connectivity index (χ0v) is 23.1. The van der Waals surface area contributed by atoms with Gasteiger partial charge in [-0.25, -0.2) is 9.18 Å². The highest BCUT2D eigenvalue weighted by atomic mass is 19.1. The summed E-state index contributed by atoms with van der Waals surface area (Å²) in [6, 6.07) is 18.4. The van der Waals surface area contributed by atoms with Gasteiger partial charge in [-0.1, -0.05) is 36.4 Å². The summed E-state index contributed by atoms with van der Waals surface area (Å²) < 4.78 is 28.7. The first-order valence-electron chi connectivity index (χ1n) is 13.5. The van der Waals surface area contributed by atoms with Crippen LogP contribution in [0.3, 0.4) is 0 Å². The van der Waals surface area contributed by atoms with Gasteiger partial charge >= 0.3 is 5.97 Å². The van der Waals surface area contributed by atoms with Crippen LogP contribution in [0.4, 0.5) is 10.1 Å². The van der Waals surface area contributed by atoms with Crippen LogP contribution >= 0.6 is 0 Å². The van der Waals surface area contributed by atoms with Crippen LogP contribution in [0.5, 0.6) is 11.5 Å². The van der Waals surface area contributed by atoms with Gasteiger partial charge in [-0.2, -0.15) is 0 Å². The Morgan fingerprint density at radius 1 is 1.14 bits per heavy atom. The lowest BCUT2D eigenvalue weighted by molar-refractivity contribution is 0.0695. The number of anilines is 1. The van der Waals surface area contributed by atoms with Crippen LogP contribution < -0.4 is 25.1 Å². The van der Waals surface area contributed by atoms with Crippen molar-refractivity contribution in [1.29, 1.82) is 0 Å². The van der Waals surface area contributed by atoms with E-state index in [4.69, 9.17) is 9.47 Å². The molecule has 0 spiro atoms. The minimum Gasteiger partial charge on any atom is -0.493 e. The number of hydrogen-bond donors (Lipinski definition) is 2. The van der Waals surface area contributed by atoms with Crippen LogP contribution in [0.1, 0.15) is 27.5 Å². The number of carbonyl (C=O) groups is 1. The van der Waals surface area contributed by atoms with E-state index >= 15 is 4.39 Å². The number of nitrogens with zero attached hydrogens (tertiary/aromatic N) is 3. The first-order valence-corrected chi connectivity index (χ1v) is 13.5. The van der Waals surface area contributed by atoms with Gasteiger partial charge in [0.15, 0.2) is 11.5 Å². The third-order valence-corrected chi connectivity index (χ3v) is 7.66. The second-order valence-electron chi connectivity index (χ2n) is 10.3. The third kappa shape index (κ3) is 5.01. The Hall–Kier alpha value is -4.96. The van der Waals surface area contributed by atoms with E-state index in [0.29, 0.717) is 54.3 Å². The van der Waals surface area contributed by atoms with Crippen LogP contribution in [0, 0.1) is 5.82 Å². The summed E-state index contributed by atoms with van der Waals surface area (Å²) in [5, 5.41) is 13.7. The third-order valence-electron chi connectivity index (χ3n) is 7.66. The van der Waals surface area contributed by atoms with Crippen molar-refractivity contribution in [2.24, 2.45) is 7.05 Å². The number of hydrogen-bond acceptors (Lipinski definition) is 7. The number of nitrogens with one attached hydrogen (secondary N) is 1. The number of aromatic nitrogens is 2. The maximum Gasteiger partial charge on any atom is 0.341 e. The molecule has 0 saturated carbocycles. The van der Waals surface area contributed by atoms with Crippen LogP contribution in [0.15, 0.2) is 77.9 Å². The summed E-state index contributed by atoms with van der Waals surface area (Å²) in [7, 11) is 3.25. The molecule has 1 fully saturated rings. The molecule has 0 bridgehead atoms. The minimum absolute atomic E-state index is 0.136. The molecule has 2 N–H and O–H groups in total. The topological polar surface area (TPSA) is 106 Å². The predicted octanol–water partition coefficient (Wildman–Crippen LogP) is 4.66. The molecule has 3 aromatic carbocycles. The number of methoxy groups -OCH3 is 1. The van der Waals surface area contributed by atoms with Crippen molar-refractivity contribution in [3.05, 3.63) is 106 Å². The number of aryl methyl sites for hydroxylation is 1. The summed E-state index contributed by atoms with van der Waals surface area (Å²) in [6.45, 7) is 1.99. The minimum atomic E-state index is -1.32. The molecule has 5 aromatic rings. The van der Waals surface area contributed by atoms with Gasteiger partial charge in [0.05, 0.1) is 35.4 Å². The molecule has 0 amide bonds. The summed E-state index contributed by atoms with van der Waals surface area (Å²) >= 11 is 0. The van der Waals surface area contributed by atoms with Crippen molar-refractivity contribution in [3.8, 4) is 11.5 Å². The van der Waals surface area contributed by atoms with Crippen molar-refractivity contribution >= 4 is 33.5 Å². The SMILES string of the molecule is COc1cc(C2CN(c3cc4c(cc3F)ncc3c4c(=O)c(C(=O)O)cn3C)CCN2)ccc1OCc1ccccc1. The van der Waals surface area contributed by atoms with Gasteiger partial charge in [-0.15, -0.1) is 0 Å². The molecule has 9 nitrogen and oxygen atoms in total. The molecule has 1 saturated heterocycles. The molecule has 42 heavy (non-hydrogen) atoms. The molecule has 0 radical (unpaired) electrons. The normalized spacial score (nSPS) is 15.2. The first-order chi connectivity index (χ1) is 20.3. The Morgan fingerprint density at radius 2 is 1.95 bits per heavy atom. The van der Waals surface area contributed by atoms with E-state index in [1.807, 2.05) is 53.4 Å². The number of aromatic carboxylic acids is 1. The molecule has 214 valence electrons. The summed E-state index contributed by atoms with van der Waals surface area (Å²) in [5.41, 5.74) is 2.10. The number of fused-ring (bicyclic) bond motifs is 3. The zero-order chi connectivity index (χ0) is 29.4. The van der Waals surface area contributed by atoms with E-state index in [1.54, 1.807) is 24.8 Å². The van der Waals surface area contributed by atoms with Gasteiger partial charge in [0.25, 0.3) is 0 Å². The standard InChI is InChI=1S/C32H29FN4O5/c1-36-16-22(32(39)40)31(38)30-21-13-26(23(33)14-24(21)35-15-27(30)36)37-11-10-34-25(17-37)20-8-9-28(29(12-20)41-2)42-18-19-6-4-3-5-7-19/h3-9,12-16,25,34H,10-11,17-18H2,1-2H3,(H,39,40). The number of benzene rings is 3. The molecule has 3 heterocycles. The molecular weight excluding hydrogens is 539 g/mol.